The van der Waals surface area contributed by atoms with Gasteiger partial charge in [-0.05, 0) is 18.9 Å². The molecule has 0 saturated carbocycles. The molecule has 3 aliphatic rings. The van der Waals surface area contributed by atoms with E-state index in [2.05, 4.69) is 15.5 Å². The van der Waals surface area contributed by atoms with Crippen molar-refractivity contribution in [3.05, 3.63) is 35.0 Å². The number of nitrogens with one attached hydrogen (secondary N) is 2. The number of ether oxygens (including phenoxy) is 2. The Bertz CT molecular complexity index is 1100. The van der Waals surface area contributed by atoms with Crippen LogP contribution in [0.3, 0.4) is 0 Å². The molecule has 5 rings (SSSR count). The zero-order valence-corrected chi connectivity index (χ0v) is 18.3. The fourth-order valence-electron chi connectivity index (χ4n) is 4.99. The molecule has 1 unspecified atom stereocenters. The first-order valence-electron chi connectivity index (χ1n) is 11.0. The molecular weight excluding hydrogens is 428 g/mol. The van der Waals surface area contributed by atoms with Crippen molar-refractivity contribution in [2.24, 2.45) is 5.73 Å². The summed E-state index contributed by atoms with van der Waals surface area (Å²) in [6.45, 7) is 2.62. The Labute approximate surface area is 190 Å². The number of nitrogens with two attached hydrogens (primary N) is 1. The molecule has 0 bridgehead atoms. The molecular formula is C22H26N6O5. The minimum atomic E-state index is -0.689. The highest BCUT2D eigenvalue weighted by Crippen LogP contribution is 2.44. The lowest BCUT2D eigenvalue weighted by Crippen LogP contribution is -2.53. The smallest absolute Gasteiger partial charge is 0.409 e. The minimum Gasteiger partial charge on any atom is -0.453 e. The second-order valence-corrected chi connectivity index (χ2v) is 8.36. The third-order valence-corrected chi connectivity index (χ3v) is 6.58. The average molecular weight is 454 g/mol. The minimum absolute atomic E-state index is 0.0574. The number of morpholine rings is 1. The van der Waals surface area contributed by atoms with Gasteiger partial charge in [0.05, 0.1) is 36.2 Å². The predicted octanol–water partition coefficient (Wildman–Crippen LogP) is 1.40. The van der Waals surface area contributed by atoms with Gasteiger partial charge in [0.25, 0.3) is 0 Å². The van der Waals surface area contributed by atoms with Crippen LogP contribution >= 0.6 is 0 Å². The van der Waals surface area contributed by atoms with Gasteiger partial charge in [-0.2, -0.15) is 5.10 Å². The van der Waals surface area contributed by atoms with E-state index >= 15 is 0 Å². The number of carbonyl (C=O) groups is 3. The highest BCUT2D eigenvalue weighted by molar-refractivity contribution is 6.25. The number of hydrogen-bond acceptors (Lipinski definition) is 7. The third kappa shape index (κ3) is 3.53. The van der Waals surface area contributed by atoms with Crippen LogP contribution in [0.5, 0.6) is 0 Å². The summed E-state index contributed by atoms with van der Waals surface area (Å²) in [4.78, 5) is 40.9. The molecule has 11 heteroatoms. The number of hydrogen-bond donors (Lipinski definition) is 3. The zero-order valence-electron chi connectivity index (χ0n) is 18.3. The van der Waals surface area contributed by atoms with Crippen LogP contribution in [0.4, 0.5) is 15.3 Å². The molecule has 0 spiro atoms. The summed E-state index contributed by atoms with van der Waals surface area (Å²) >= 11 is 0. The number of anilines is 1. The van der Waals surface area contributed by atoms with E-state index in [0.29, 0.717) is 73.7 Å². The van der Waals surface area contributed by atoms with Gasteiger partial charge >= 0.3 is 12.1 Å². The Morgan fingerprint density at radius 1 is 1.27 bits per heavy atom. The maximum Gasteiger partial charge on any atom is 0.409 e. The number of H-pyrrole nitrogens is 1. The van der Waals surface area contributed by atoms with Gasteiger partial charge in [-0.15, -0.1) is 0 Å². The van der Waals surface area contributed by atoms with Gasteiger partial charge in [0.15, 0.2) is 12.0 Å². The third-order valence-electron chi connectivity index (χ3n) is 6.58. The fourth-order valence-corrected chi connectivity index (χ4v) is 4.99. The van der Waals surface area contributed by atoms with Gasteiger partial charge in [0.1, 0.15) is 5.69 Å². The van der Waals surface area contributed by atoms with Crippen molar-refractivity contribution in [1.82, 2.24) is 20.4 Å². The molecule has 1 aliphatic carbocycles. The molecule has 1 atom stereocenters. The first-order chi connectivity index (χ1) is 16.0. The van der Waals surface area contributed by atoms with Gasteiger partial charge in [-0.25, -0.2) is 9.59 Å². The summed E-state index contributed by atoms with van der Waals surface area (Å²) < 4.78 is 10.6. The van der Waals surface area contributed by atoms with Crippen LogP contribution in [0, 0.1) is 0 Å². The van der Waals surface area contributed by atoms with E-state index < -0.39 is 12.3 Å². The number of benzene rings is 1. The Kier molecular flexibility index (Phi) is 5.51. The second-order valence-electron chi connectivity index (χ2n) is 8.36. The van der Waals surface area contributed by atoms with E-state index in [1.165, 1.54) is 12.0 Å². The monoisotopic (exact) mass is 454 g/mol. The number of methoxy groups -OCH3 is 1. The summed E-state index contributed by atoms with van der Waals surface area (Å²) in [5.41, 5.74) is 9.08. The topological polar surface area (TPSA) is 143 Å². The largest absolute Gasteiger partial charge is 0.453 e. The number of urea groups is 1. The standard InChI is InChI=1S/C22H26N6O5/c1-32-22(31)27-8-5-12(6-9-27)18-17-19(26-25-18)13-3-2-4-14(16(13)20(17)29)28(21(23)30)15-11-24-7-10-33-15/h2-4,12,15,24H,5-11H2,1H3,(H2,23,30)(H,25,26). The maximum atomic E-state index is 13.7. The normalized spacial score (nSPS) is 20.3. The van der Waals surface area contributed by atoms with Gasteiger partial charge in [-0.1, -0.05) is 12.1 Å². The molecule has 2 saturated heterocycles. The lowest BCUT2D eigenvalue weighted by atomic mass is 9.90. The Balaban J connectivity index is 1.47. The van der Waals surface area contributed by atoms with Gasteiger partial charge in [-0.3, -0.25) is 14.8 Å². The number of rotatable bonds is 3. The molecule has 3 amide bonds. The zero-order chi connectivity index (χ0) is 23.1. The lowest BCUT2D eigenvalue weighted by molar-refractivity contribution is 0.0317. The van der Waals surface area contributed by atoms with Crippen LogP contribution in [-0.4, -0.2) is 79.1 Å². The van der Waals surface area contributed by atoms with E-state index in [-0.39, 0.29) is 17.8 Å². The molecule has 2 fully saturated rings. The molecule has 1 aromatic carbocycles. The molecule has 2 aliphatic heterocycles. The van der Waals surface area contributed by atoms with E-state index in [0.717, 1.165) is 5.69 Å². The summed E-state index contributed by atoms with van der Waals surface area (Å²) in [7, 11) is 1.37. The van der Waals surface area contributed by atoms with Crippen molar-refractivity contribution in [2.75, 3.05) is 44.8 Å². The van der Waals surface area contributed by atoms with E-state index in [1.807, 2.05) is 6.07 Å². The summed E-state index contributed by atoms with van der Waals surface area (Å²) in [5.74, 6) is -0.133. The van der Waals surface area contributed by atoms with Gasteiger partial charge < -0.3 is 25.4 Å². The van der Waals surface area contributed by atoms with Crippen molar-refractivity contribution >= 4 is 23.6 Å². The summed E-state index contributed by atoms with van der Waals surface area (Å²) in [6.07, 6.45) is 0.430. The number of fused-ring (bicyclic) bond motifs is 3. The van der Waals surface area contributed by atoms with E-state index in [9.17, 15) is 14.4 Å². The van der Waals surface area contributed by atoms with Crippen molar-refractivity contribution in [3.8, 4) is 11.3 Å². The van der Waals surface area contributed by atoms with Crippen molar-refractivity contribution in [2.45, 2.75) is 25.0 Å². The number of carbonyl (C=O) groups excluding carboxylic acids is 3. The lowest BCUT2D eigenvalue weighted by Gasteiger charge is -2.34. The van der Waals surface area contributed by atoms with E-state index in [1.54, 1.807) is 17.0 Å². The first kappa shape index (κ1) is 21.4. The van der Waals surface area contributed by atoms with Crippen LogP contribution in [0.1, 0.15) is 40.4 Å². The number of nitrogens with zero attached hydrogens (tertiary/aromatic N) is 3. The van der Waals surface area contributed by atoms with Gasteiger partial charge in [0.2, 0.25) is 0 Å². The highest BCUT2D eigenvalue weighted by Gasteiger charge is 2.40. The SMILES string of the molecule is COC(=O)N1CCC(c2[nH]nc3c2C(=O)c2c-3cccc2N(C(N)=O)C2CNCCO2)CC1. The average Bonchev–Trinajstić information content (AvgIpc) is 3.39. The molecule has 33 heavy (non-hydrogen) atoms. The second kappa shape index (κ2) is 8.49. The van der Waals surface area contributed by atoms with Crippen LogP contribution in [0.15, 0.2) is 18.2 Å². The van der Waals surface area contributed by atoms with E-state index in [4.69, 9.17) is 15.2 Å². The fraction of sp³-hybridized carbons (Fsp3) is 0.455. The number of aromatic amines is 1. The number of amides is 3. The van der Waals surface area contributed by atoms with Crippen LogP contribution < -0.4 is 16.0 Å². The Morgan fingerprint density at radius 2 is 2.06 bits per heavy atom. The molecule has 11 nitrogen and oxygen atoms in total. The molecule has 174 valence electrons. The van der Waals surface area contributed by atoms with Crippen LogP contribution in [-0.2, 0) is 9.47 Å². The number of primary amides is 1. The molecule has 0 radical (unpaired) electrons. The predicted molar refractivity (Wildman–Crippen MR) is 118 cm³/mol. The maximum absolute atomic E-state index is 13.7. The number of ketones is 1. The van der Waals surface area contributed by atoms with Crippen molar-refractivity contribution in [1.29, 1.82) is 0 Å². The number of likely N-dealkylation sites (tertiary alicyclic amines) is 1. The Morgan fingerprint density at radius 3 is 2.73 bits per heavy atom. The number of aromatic nitrogens is 2. The van der Waals surface area contributed by atoms with Crippen LogP contribution in [0.25, 0.3) is 11.3 Å². The highest BCUT2D eigenvalue weighted by atomic mass is 16.5. The summed E-state index contributed by atoms with van der Waals surface area (Å²) in [5, 5.41) is 10.7. The number of piperidine rings is 1. The molecule has 4 N–H and O–H groups in total. The van der Waals surface area contributed by atoms with Crippen LogP contribution in [0.2, 0.25) is 0 Å². The molecule has 2 aromatic rings. The molecule has 3 heterocycles. The van der Waals surface area contributed by atoms with Crippen molar-refractivity contribution < 1.29 is 23.9 Å². The molecule has 1 aromatic heterocycles. The summed E-state index contributed by atoms with van der Waals surface area (Å²) in [6, 6.07) is 4.63. The van der Waals surface area contributed by atoms with Crippen molar-refractivity contribution in [3.63, 3.8) is 0 Å². The first-order valence-corrected chi connectivity index (χ1v) is 11.0. The quantitative estimate of drug-likeness (QED) is 0.543. The van der Waals surface area contributed by atoms with Gasteiger partial charge in [0, 0.05) is 37.7 Å². The Hall–Kier alpha value is -3.44.